The summed E-state index contributed by atoms with van der Waals surface area (Å²) in [7, 11) is 0. The highest BCUT2D eigenvalue weighted by molar-refractivity contribution is 5.10. The van der Waals surface area contributed by atoms with Crippen LogP contribution in [0.1, 0.15) is 51.6 Å². The fraction of sp³-hybridized carbons (Fsp3) is 0.750. The summed E-state index contributed by atoms with van der Waals surface area (Å²) in [5.41, 5.74) is 1.32. The third-order valence-electron chi connectivity index (χ3n) is 2.56. The molecule has 1 rings (SSSR count). The van der Waals surface area contributed by atoms with Gasteiger partial charge in [0.25, 0.3) is 0 Å². The van der Waals surface area contributed by atoms with Crippen LogP contribution in [-0.2, 0) is 6.54 Å². The van der Waals surface area contributed by atoms with E-state index in [1.54, 1.807) is 0 Å². The Bertz CT molecular complexity index is 268. The van der Waals surface area contributed by atoms with Crippen LogP contribution in [0.5, 0.6) is 0 Å². The molecule has 0 saturated heterocycles. The van der Waals surface area contributed by atoms with Crippen LogP contribution >= 0.6 is 0 Å². The molecule has 3 nitrogen and oxygen atoms in total. The van der Waals surface area contributed by atoms with E-state index in [-0.39, 0.29) is 0 Å². The highest BCUT2D eigenvalue weighted by Crippen LogP contribution is 2.15. The molecule has 1 aromatic rings. The quantitative estimate of drug-likeness (QED) is 0.748. The number of nitrogens with one attached hydrogen (secondary N) is 1. The molecule has 0 aliphatic heterocycles. The SMILES string of the molecule is CCCNC(CC)c1cnn(CCC)c1. The number of hydrogen-bond acceptors (Lipinski definition) is 2. The van der Waals surface area contributed by atoms with Crippen LogP contribution < -0.4 is 5.32 Å². The van der Waals surface area contributed by atoms with Crippen molar-refractivity contribution in [1.29, 1.82) is 0 Å². The summed E-state index contributed by atoms with van der Waals surface area (Å²) < 4.78 is 2.03. The Balaban J connectivity index is 2.57. The molecule has 0 radical (unpaired) electrons. The Morgan fingerprint density at radius 2 is 2.13 bits per heavy atom. The normalized spacial score (nSPS) is 13.0. The Morgan fingerprint density at radius 1 is 1.33 bits per heavy atom. The van der Waals surface area contributed by atoms with E-state index in [9.17, 15) is 0 Å². The molecular formula is C12H23N3. The molecule has 0 fully saturated rings. The molecule has 0 aliphatic rings. The second-order valence-corrected chi connectivity index (χ2v) is 3.95. The summed E-state index contributed by atoms with van der Waals surface area (Å²) in [6.07, 6.45) is 7.60. The van der Waals surface area contributed by atoms with Crippen molar-refractivity contribution in [3.05, 3.63) is 18.0 Å². The lowest BCUT2D eigenvalue weighted by Gasteiger charge is -2.14. The predicted octanol–water partition coefficient (Wildman–Crippen LogP) is 2.74. The van der Waals surface area contributed by atoms with Gasteiger partial charge in [0.2, 0.25) is 0 Å². The summed E-state index contributed by atoms with van der Waals surface area (Å²) >= 11 is 0. The van der Waals surface area contributed by atoms with Crippen LogP contribution in [0.15, 0.2) is 12.4 Å². The van der Waals surface area contributed by atoms with E-state index < -0.39 is 0 Å². The molecule has 1 atom stereocenters. The molecule has 0 saturated carbocycles. The lowest BCUT2D eigenvalue weighted by Crippen LogP contribution is -2.21. The van der Waals surface area contributed by atoms with Gasteiger partial charge in [0, 0.05) is 24.3 Å². The molecular weight excluding hydrogens is 186 g/mol. The van der Waals surface area contributed by atoms with Crippen LogP contribution in [0, 0.1) is 0 Å². The van der Waals surface area contributed by atoms with Crippen molar-refractivity contribution in [2.75, 3.05) is 6.54 Å². The fourth-order valence-corrected chi connectivity index (χ4v) is 1.73. The van der Waals surface area contributed by atoms with Crippen LogP contribution in [-0.4, -0.2) is 16.3 Å². The Kier molecular flexibility index (Phi) is 5.40. The largest absolute Gasteiger partial charge is 0.310 e. The average molecular weight is 209 g/mol. The molecule has 0 spiro atoms. The molecule has 0 bridgehead atoms. The minimum Gasteiger partial charge on any atom is -0.310 e. The third-order valence-corrected chi connectivity index (χ3v) is 2.56. The van der Waals surface area contributed by atoms with Crippen molar-refractivity contribution in [3.63, 3.8) is 0 Å². The smallest absolute Gasteiger partial charge is 0.0537 e. The Hall–Kier alpha value is -0.830. The van der Waals surface area contributed by atoms with Crippen LogP contribution in [0.25, 0.3) is 0 Å². The van der Waals surface area contributed by atoms with Crippen LogP contribution in [0.4, 0.5) is 0 Å². The number of nitrogens with zero attached hydrogens (tertiary/aromatic N) is 2. The summed E-state index contributed by atoms with van der Waals surface area (Å²) in [5.74, 6) is 0. The van der Waals surface area contributed by atoms with E-state index in [2.05, 4.69) is 37.4 Å². The van der Waals surface area contributed by atoms with Crippen molar-refractivity contribution >= 4 is 0 Å². The van der Waals surface area contributed by atoms with E-state index in [0.29, 0.717) is 6.04 Å². The zero-order valence-electron chi connectivity index (χ0n) is 10.2. The van der Waals surface area contributed by atoms with E-state index in [1.165, 1.54) is 12.0 Å². The van der Waals surface area contributed by atoms with Gasteiger partial charge in [-0.3, -0.25) is 4.68 Å². The van der Waals surface area contributed by atoms with Gasteiger partial charge in [0.05, 0.1) is 6.20 Å². The average Bonchev–Trinajstić information content (AvgIpc) is 2.68. The Labute approximate surface area is 92.9 Å². The van der Waals surface area contributed by atoms with Gasteiger partial charge in [-0.2, -0.15) is 5.10 Å². The summed E-state index contributed by atoms with van der Waals surface area (Å²) in [4.78, 5) is 0. The maximum absolute atomic E-state index is 4.36. The summed E-state index contributed by atoms with van der Waals surface area (Å²) in [6.45, 7) is 8.68. The zero-order valence-corrected chi connectivity index (χ0v) is 10.2. The van der Waals surface area contributed by atoms with E-state index in [1.807, 2.05) is 10.9 Å². The van der Waals surface area contributed by atoms with Gasteiger partial charge in [-0.15, -0.1) is 0 Å². The number of hydrogen-bond donors (Lipinski definition) is 1. The van der Waals surface area contributed by atoms with Crippen molar-refractivity contribution in [3.8, 4) is 0 Å². The first kappa shape index (κ1) is 12.2. The second-order valence-electron chi connectivity index (χ2n) is 3.95. The van der Waals surface area contributed by atoms with E-state index in [4.69, 9.17) is 0 Å². The van der Waals surface area contributed by atoms with Gasteiger partial charge in [0.15, 0.2) is 0 Å². The predicted molar refractivity (Wildman–Crippen MR) is 63.8 cm³/mol. The molecule has 3 heteroatoms. The molecule has 0 aliphatic carbocycles. The lowest BCUT2D eigenvalue weighted by atomic mass is 10.1. The zero-order chi connectivity index (χ0) is 11.1. The van der Waals surface area contributed by atoms with Gasteiger partial charge in [0.1, 0.15) is 0 Å². The highest BCUT2D eigenvalue weighted by atomic mass is 15.3. The molecule has 86 valence electrons. The molecule has 0 aromatic carbocycles. The Morgan fingerprint density at radius 3 is 2.73 bits per heavy atom. The molecule has 1 aromatic heterocycles. The fourth-order valence-electron chi connectivity index (χ4n) is 1.73. The molecule has 1 heterocycles. The lowest BCUT2D eigenvalue weighted by molar-refractivity contribution is 0.517. The highest BCUT2D eigenvalue weighted by Gasteiger charge is 2.09. The van der Waals surface area contributed by atoms with Crippen molar-refractivity contribution in [1.82, 2.24) is 15.1 Å². The monoisotopic (exact) mass is 209 g/mol. The third kappa shape index (κ3) is 3.67. The summed E-state index contributed by atoms with van der Waals surface area (Å²) in [5, 5.41) is 7.90. The molecule has 1 unspecified atom stereocenters. The topological polar surface area (TPSA) is 29.9 Å². The van der Waals surface area contributed by atoms with E-state index >= 15 is 0 Å². The van der Waals surface area contributed by atoms with Gasteiger partial charge >= 0.3 is 0 Å². The minimum atomic E-state index is 0.468. The maximum atomic E-state index is 4.36. The van der Waals surface area contributed by atoms with Crippen molar-refractivity contribution in [2.45, 2.75) is 52.6 Å². The van der Waals surface area contributed by atoms with E-state index in [0.717, 1.165) is 25.9 Å². The van der Waals surface area contributed by atoms with Crippen LogP contribution in [0.2, 0.25) is 0 Å². The van der Waals surface area contributed by atoms with Crippen molar-refractivity contribution in [2.24, 2.45) is 0 Å². The molecule has 1 N–H and O–H groups in total. The first-order chi connectivity index (χ1) is 7.31. The van der Waals surface area contributed by atoms with Crippen molar-refractivity contribution < 1.29 is 0 Å². The van der Waals surface area contributed by atoms with Gasteiger partial charge < -0.3 is 5.32 Å². The molecule has 0 amide bonds. The van der Waals surface area contributed by atoms with Gasteiger partial charge in [-0.05, 0) is 25.8 Å². The number of aromatic nitrogens is 2. The number of aryl methyl sites for hydroxylation is 1. The summed E-state index contributed by atoms with van der Waals surface area (Å²) in [6, 6.07) is 0.468. The van der Waals surface area contributed by atoms with Gasteiger partial charge in [-0.1, -0.05) is 20.8 Å². The van der Waals surface area contributed by atoms with Crippen LogP contribution in [0.3, 0.4) is 0 Å². The number of rotatable bonds is 7. The first-order valence-corrected chi connectivity index (χ1v) is 6.07. The van der Waals surface area contributed by atoms with Gasteiger partial charge in [-0.25, -0.2) is 0 Å². The maximum Gasteiger partial charge on any atom is 0.0537 e. The standard InChI is InChI=1S/C12H23N3/c1-4-7-13-12(6-3)11-9-14-15(10-11)8-5-2/h9-10,12-13H,4-8H2,1-3H3. The minimum absolute atomic E-state index is 0.468. The molecule has 15 heavy (non-hydrogen) atoms. The first-order valence-electron chi connectivity index (χ1n) is 6.07. The second kappa shape index (κ2) is 6.62.